The smallest absolute Gasteiger partial charge is 0.143 e. The number of hydrogen-bond acceptors (Lipinski definition) is 3. The second-order valence-corrected chi connectivity index (χ2v) is 18.0. The molecule has 2 aliphatic rings. The van der Waals surface area contributed by atoms with E-state index in [0.29, 0.717) is 0 Å². The molecule has 0 unspecified atom stereocenters. The maximum absolute atomic E-state index is 6.56. The van der Waals surface area contributed by atoms with Crippen molar-refractivity contribution in [1.82, 2.24) is 0 Å². The van der Waals surface area contributed by atoms with Gasteiger partial charge in [-0.25, -0.2) is 0 Å². The Morgan fingerprint density at radius 1 is 0.232 bits per heavy atom. The lowest BCUT2D eigenvalue weighted by Gasteiger charge is -2.28. The summed E-state index contributed by atoms with van der Waals surface area (Å²) in [7, 11) is 0. The van der Waals surface area contributed by atoms with Crippen LogP contribution in [0.4, 0.5) is 34.1 Å². The van der Waals surface area contributed by atoms with Gasteiger partial charge in [0.05, 0.1) is 22.7 Å². The van der Waals surface area contributed by atoms with Crippen molar-refractivity contribution in [3.05, 3.63) is 255 Å². The lowest BCUT2D eigenvalue weighted by molar-refractivity contribution is 0.670. The van der Waals surface area contributed by atoms with Crippen LogP contribution in [0.2, 0.25) is 0 Å². The van der Waals surface area contributed by atoms with Crippen LogP contribution in [-0.4, -0.2) is 0 Å². The van der Waals surface area contributed by atoms with Crippen molar-refractivity contribution in [2.24, 2.45) is 0 Å². The Morgan fingerprint density at radius 3 is 1.25 bits per heavy atom. The Balaban J connectivity index is 0.945. The summed E-state index contributed by atoms with van der Waals surface area (Å²) in [5.74, 6) is 0. The fourth-order valence-electron chi connectivity index (χ4n) is 11.0. The normalized spacial score (nSPS) is 12.3. The number of anilines is 6. The maximum atomic E-state index is 6.56. The van der Waals surface area contributed by atoms with Crippen molar-refractivity contribution in [3.63, 3.8) is 0 Å². The Labute approximate surface area is 401 Å². The predicted molar refractivity (Wildman–Crippen MR) is 288 cm³/mol. The quantitative estimate of drug-likeness (QED) is 0.172. The standard InChI is InChI=1S/C66H42N2O/c1-2-17-43(18-3-1)44-19-14-21-48(39-44)67-61-32-11-8-27-55(61)51-23-4-6-25-53(51)59-41-45(35-37-63(59)67)46-36-38-64-60(42-46)54-26-7-5-24-52(54)56-28-9-12-33-62(56)68(64)49-22-15-20-47(40-49)50-30-16-31-58-57-29-10-13-34-65(57)69-66(50)58/h1-42H. The molecule has 1 aromatic heterocycles. The number of fused-ring (bicyclic) bond motifs is 13. The van der Waals surface area contributed by atoms with E-state index in [1.807, 2.05) is 6.07 Å². The average molecular weight is 879 g/mol. The molecule has 0 N–H and O–H groups in total. The molecule has 0 spiro atoms. The minimum Gasteiger partial charge on any atom is -0.455 e. The highest BCUT2D eigenvalue weighted by atomic mass is 16.3. The van der Waals surface area contributed by atoms with E-state index >= 15 is 0 Å². The maximum Gasteiger partial charge on any atom is 0.143 e. The van der Waals surface area contributed by atoms with Gasteiger partial charge < -0.3 is 14.2 Å². The molecule has 12 aromatic rings. The molecule has 0 bridgehead atoms. The van der Waals surface area contributed by atoms with E-state index < -0.39 is 0 Å². The van der Waals surface area contributed by atoms with Gasteiger partial charge in [-0.15, -0.1) is 0 Å². The van der Waals surface area contributed by atoms with Gasteiger partial charge in [-0.1, -0.05) is 188 Å². The molecule has 69 heavy (non-hydrogen) atoms. The van der Waals surface area contributed by atoms with Crippen molar-refractivity contribution >= 4 is 56.1 Å². The third-order valence-electron chi connectivity index (χ3n) is 14.1. The summed E-state index contributed by atoms with van der Waals surface area (Å²) >= 11 is 0. The zero-order valence-corrected chi connectivity index (χ0v) is 37.6. The van der Waals surface area contributed by atoms with E-state index in [1.165, 1.54) is 55.6 Å². The molecule has 0 atom stereocenters. The molecule has 0 radical (unpaired) electrons. The van der Waals surface area contributed by atoms with Crippen LogP contribution in [0.5, 0.6) is 0 Å². The van der Waals surface area contributed by atoms with Crippen LogP contribution in [0.15, 0.2) is 259 Å². The molecular formula is C66H42N2O. The van der Waals surface area contributed by atoms with Gasteiger partial charge in [0.1, 0.15) is 11.2 Å². The molecule has 3 nitrogen and oxygen atoms in total. The molecule has 322 valence electrons. The number of furan rings is 1. The zero-order chi connectivity index (χ0) is 45.4. The lowest BCUT2D eigenvalue weighted by Crippen LogP contribution is -2.11. The Morgan fingerprint density at radius 2 is 0.638 bits per heavy atom. The monoisotopic (exact) mass is 878 g/mol. The van der Waals surface area contributed by atoms with Gasteiger partial charge in [-0.05, 0) is 117 Å². The molecule has 0 fully saturated rings. The second-order valence-electron chi connectivity index (χ2n) is 18.0. The first-order valence-electron chi connectivity index (χ1n) is 23.7. The van der Waals surface area contributed by atoms with Crippen molar-refractivity contribution in [3.8, 4) is 77.9 Å². The van der Waals surface area contributed by atoms with Crippen LogP contribution in [0.3, 0.4) is 0 Å². The average Bonchev–Trinajstić information content (AvgIpc) is 3.69. The van der Waals surface area contributed by atoms with Gasteiger partial charge in [0, 0.05) is 50.0 Å². The van der Waals surface area contributed by atoms with Crippen LogP contribution in [-0.2, 0) is 0 Å². The largest absolute Gasteiger partial charge is 0.455 e. The summed E-state index contributed by atoms with van der Waals surface area (Å²) in [4.78, 5) is 4.90. The van der Waals surface area contributed by atoms with E-state index in [9.17, 15) is 0 Å². The SMILES string of the molecule is c1ccc(-c2cccc(N3c4ccccc4-c4ccccc4-c4cc(-c5ccc6c(c5)-c5ccccc5-c5ccccc5N6c5cccc(-c6cccc7c6oc6ccccc67)c5)ccc43)c2)cc1. The summed E-state index contributed by atoms with van der Waals surface area (Å²) in [6.45, 7) is 0. The van der Waals surface area contributed by atoms with Crippen LogP contribution >= 0.6 is 0 Å². The van der Waals surface area contributed by atoms with Crippen LogP contribution in [0.25, 0.3) is 99.8 Å². The Hall–Kier alpha value is -9.18. The molecule has 3 heterocycles. The third kappa shape index (κ3) is 6.29. The van der Waals surface area contributed by atoms with Gasteiger partial charge in [-0.3, -0.25) is 0 Å². The van der Waals surface area contributed by atoms with E-state index in [0.717, 1.165) is 78.3 Å². The number of nitrogens with zero attached hydrogens (tertiary/aromatic N) is 2. The van der Waals surface area contributed by atoms with Crippen LogP contribution < -0.4 is 9.80 Å². The molecule has 11 aromatic carbocycles. The van der Waals surface area contributed by atoms with Crippen LogP contribution in [0.1, 0.15) is 0 Å². The molecule has 0 saturated carbocycles. The van der Waals surface area contributed by atoms with Crippen molar-refractivity contribution < 1.29 is 4.42 Å². The third-order valence-corrected chi connectivity index (χ3v) is 14.1. The molecule has 2 aliphatic heterocycles. The van der Waals surface area contributed by atoms with E-state index in [4.69, 9.17) is 4.42 Å². The number of hydrogen-bond donors (Lipinski definition) is 0. The predicted octanol–water partition coefficient (Wildman–Crippen LogP) is 18.8. The second kappa shape index (κ2) is 15.7. The zero-order valence-electron chi connectivity index (χ0n) is 37.6. The highest BCUT2D eigenvalue weighted by Crippen LogP contribution is 2.54. The molecule has 0 aliphatic carbocycles. The number of rotatable bonds is 5. The first-order chi connectivity index (χ1) is 34.2. The van der Waals surface area contributed by atoms with Crippen molar-refractivity contribution in [1.29, 1.82) is 0 Å². The minimum absolute atomic E-state index is 0.898. The molecule has 3 heteroatoms. The Bertz CT molecular complexity index is 3990. The molecule has 14 rings (SSSR count). The van der Waals surface area contributed by atoms with Gasteiger partial charge in [0.2, 0.25) is 0 Å². The van der Waals surface area contributed by atoms with E-state index in [-0.39, 0.29) is 0 Å². The van der Waals surface area contributed by atoms with Crippen LogP contribution in [0, 0.1) is 0 Å². The molecular weight excluding hydrogens is 837 g/mol. The fraction of sp³-hybridized carbons (Fsp3) is 0. The highest BCUT2D eigenvalue weighted by molar-refractivity contribution is 6.10. The topological polar surface area (TPSA) is 19.6 Å². The Kier molecular flexibility index (Phi) is 8.90. The summed E-state index contributed by atoms with van der Waals surface area (Å²) in [5.41, 5.74) is 25.0. The van der Waals surface area contributed by atoms with Gasteiger partial charge in [0.15, 0.2) is 0 Å². The van der Waals surface area contributed by atoms with Crippen molar-refractivity contribution in [2.45, 2.75) is 0 Å². The molecule has 0 amide bonds. The van der Waals surface area contributed by atoms with E-state index in [2.05, 4.69) is 259 Å². The van der Waals surface area contributed by atoms with Gasteiger partial charge >= 0.3 is 0 Å². The molecule has 0 saturated heterocycles. The number of benzene rings is 11. The van der Waals surface area contributed by atoms with E-state index in [1.54, 1.807) is 0 Å². The van der Waals surface area contributed by atoms with Gasteiger partial charge in [0.25, 0.3) is 0 Å². The summed E-state index contributed by atoms with van der Waals surface area (Å²) < 4.78 is 6.56. The summed E-state index contributed by atoms with van der Waals surface area (Å²) in [6, 6.07) is 92.8. The summed E-state index contributed by atoms with van der Waals surface area (Å²) in [5, 5.41) is 2.25. The van der Waals surface area contributed by atoms with Crippen molar-refractivity contribution in [2.75, 3.05) is 9.80 Å². The highest BCUT2D eigenvalue weighted by Gasteiger charge is 2.29. The first kappa shape index (κ1) is 39.0. The fourth-order valence-corrected chi connectivity index (χ4v) is 11.0. The minimum atomic E-state index is 0.898. The number of para-hydroxylation sites is 4. The summed E-state index contributed by atoms with van der Waals surface area (Å²) in [6.07, 6.45) is 0. The van der Waals surface area contributed by atoms with Gasteiger partial charge in [-0.2, -0.15) is 0 Å². The first-order valence-corrected chi connectivity index (χ1v) is 23.7. The lowest BCUT2D eigenvalue weighted by atomic mass is 9.90.